The first-order valence-corrected chi connectivity index (χ1v) is 4.12. The van der Waals surface area contributed by atoms with Gasteiger partial charge in [0.1, 0.15) is 0 Å². The van der Waals surface area contributed by atoms with Crippen molar-refractivity contribution >= 4 is 17.4 Å². The molecule has 0 unspecified atom stereocenters. The molecule has 0 saturated heterocycles. The molecule has 0 saturated carbocycles. The Kier molecular flexibility index (Phi) is 2.86. The minimum Gasteiger partial charge on any atom is -0.481 e. The van der Waals surface area contributed by atoms with Gasteiger partial charge in [-0.15, -0.1) is 0 Å². The third-order valence-electron chi connectivity index (χ3n) is 1.85. The Morgan fingerprint density at radius 1 is 1.43 bits per heavy atom. The maximum Gasteiger partial charge on any atom is 0.307 e. The van der Waals surface area contributed by atoms with Crippen molar-refractivity contribution in [3.05, 3.63) is 29.3 Å². The first-order valence-electron chi connectivity index (χ1n) is 4.12. The SMILES string of the molecule is CC(=O)c1cc(CC(=O)O)ccc1N. The van der Waals surface area contributed by atoms with Gasteiger partial charge < -0.3 is 10.8 Å². The number of carbonyl (C=O) groups is 2. The minimum atomic E-state index is -0.927. The van der Waals surface area contributed by atoms with Crippen molar-refractivity contribution in [2.45, 2.75) is 13.3 Å². The van der Waals surface area contributed by atoms with Gasteiger partial charge in [0.05, 0.1) is 6.42 Å². The first kappa shape index (κ1) is 10.2. The Morgan fingerprint density at radius 2 is 2.07 bits per heavy atom. The fourth-order valence-electron chi connectivity index (χ4n) is 1.19. The lowest BCUT2D eigenvalue weighted by molar-refractivity contribution is -0.136. The summed E-state index contributed by atoms with van der Waals surface area (Å²) in [5.74, 6) is -1.08. The number of benzene rings is 1. The van der Waals surface area contributed by atoms with E-state index in [1.165, 1.54) is 13.0 Å². The van der Waals surface area contributed by atoms with Gasteiger partial charge >= 0.3 is 5.97 Å². The van der Waals surface area contributed by atoms with Crippen LogP contribution in [0.1, 0.15) is 22.8 Å². The van der Waals surface area contributed by atoms with E-state index in [1.807, 2.05) is 0 Å². The highest BCUT2D eigenvalue weighted by Crippen LogP contribution is 2.15. The van der Waals surface area contributed by atoms with Gasteiger partial charge in [-0.1, -0.05) is 6.07 Å². The van der Waals surface area contributed by atoms with Crippen LogP contribution in [0.4, 0.5) is 5.69 Å². The summed E-state index contributed by atoms with van der Waals surface area (Å²) in [6.45, 7) is 1.40. The summed E-state index contributed by atoms with van der Waals surface area (Å²) in [5.41, 5.74) is 6.89. The molecule has 74 valence electrons. The number of aliphatic carboxylic acids is 1. The Morgan fingerprint density at radius 3 is 2.57 bits per heavy atom. The number of nitrogens with two attached hydrogens (primary N) is 1. The average molecular weight is 193 g/mol. The maximum atomic E-state index is 11.1. The Labute approximate surface area is 81.3 Å². The second-order valence-electron chi connectivity index (χ2n) is 3.05. The van der Waals surface area contributed by atoms with Crippen molar-refractivity contribution in [1.82, 2.24) is 0 Å². The molecule has 0 aliphatic heterocycles. The molecule has 3 N–H and O–H groups in total. The summed E-state index contributed by atoms with van der Waals surface area (Å²) >= 11 is 0. The molecule has 1 aromatic rings. The number of carboxylic acids is 1. The quantitative estimate of drug-likeness (QED) is 0.556. The monoisotopic (exact) mass is 193 g/mol. The van der Waals surface area contributed by atoms with Crippen LogP contribution in [0.15, 0.2) is 18.2 Å². The predicted octanol–water partition coefficient (Wildman–Crippen LogP) is 1.10. The first-order chi connectivity index (χ1) is 6.50. The molecule has 1 aromatic carbocycles. The number of nitrogen functional groups attached to an aromatic ring is 1. The summed E-state index contributed by atoms with van der Waals surface area (Å²) < 4.78 is 0. The Hall–Kier alpha value is -1.84. The molecule has 0 atom stereocenters. The molecule has 4 nitrogen and oxygen atoms in total. The Bertz CT molecular complexity index is 385. The molecule has 0 aliphatic carbocycles. The number of hydrogen-bond donors (Lipinski definition) is 2. The van der Waals surface area contributed by atoms with Gasteiger partial charge in [-0.2, -0.15) is 0 Å². The number of carbonyl (C=O) groups excluding carboxylic acids is 1. The fraction of sp³-hybridized carbons (Fsp3) is 0.200. The fourth-order valence-corrected chi connectivity index (χ4v) is 1.19. The zero-order chi connectivity index (χ0) is 10.7. The normalized spacial score (nSPS) is 9.79. The van der Waals surface area contributed by atoms with E-state index in [1.54, 1.807) is 12.1 Å². The van der Waals surface area contributed by atoms with E-state index in [2.05, 4.69) is 0 Å². The van der Waals surface area contributed by atoms with Gasteiger partial charge in [0.2, 0.25) is 0 Å². The number of carboxylic acid groups (broad SMARTS) is 1. The van der Waals surface area contributed by atoms with Crippen LogP contribution in [0.5, 0.6) is 0 Å². The third kappa shape index (κ3) is 2.32. The summed E-state index contributed by atoms with van der Waals surface area (Å²) in [4.78, 5) is 21.5. The molecule has 0 heterocycles. The average Bonchev–Trinajstić information content (AvgIpc) is 2.07. The topological polar surface area (TPSA) is 80.4 Å². The Balaban J connectivity index is 3.06. The largest absolute Gasteiger partial charge is 0.481 e. The van der Waals surface area contributed by atoms with Crippen molar-refractivity contribution in [3.8, 4) is 0 Å². The van der Waals surface area contributed by atoms with Gasteiger partial charge in [0.25, 0.3) is 0 Å². The molecule has 0 bridgehead atoms. The van der Waals surface area contributed by atoms with Crippen LogP contribution < -0.4 is 5.73 Å². The molecule has 0 fully saturated rings. The van der Waals surface area contributed by atoms with E-state index in [0.29, 0.717) is 16.8 Å². The van der Waals surface area contributed by atoms with E-state index >= 15 is 0 Å². The van der Waals surface area contributed by atoms with Crippen molar-refractivity contribution in [3.63, 3.8) is 0 Å². The van der Waals surface area contributed by atoms with Crippen LogP contribution in [0.25, 0.3) is 0 Å². The highest BCUT2D eigenvalue weighted by Gasteiger charge is 2.07. The predicted molar refractivity (Wildman–Crippen MR) is 52.2 cm³/mol. The summed E-state index contributed by atoms with van der Waals surface area (Å²) in [6.07, 6.45) is -0.0967. The van der Waals surface area contributed by atoms with Gasteiger partial charge in [0, 0.05) is 11.3 Å². The second-order valence-corrected chi connectivity index (χ2v) is 3.05. The number of Topliss-reactive ketones (excluding diaryl/α,β-unsaturated/α-hetero) is 1. The summed E-state index contributed by atoms with van der Waals surface area (Å²) in [7, 11) is 0. The molecule has 1 rings (SSSR count). The number of ketones is 1. The molecule has 0 radical (unpaired) electrons. The van der Waals surface area contributed by atoms with Crippen LogP contribution in [-0.4, -0.2) is 16.9 Å². The summed E-state index contributed by atoms with van der Waals surface area (Å²) in [5, 5.41) is 8.55. The van der Waals surface area contributed by atoms with E-state index in [0.717, 1.165) is 0 Å². The molecule has 0 amide bonds. The molecular formula is C10H11NO3. The van der Waals surface area contributed by atoms with Crippen LogP contribution in [0.2, 0.25) is 0 Å². The van der Waals surface area contributed by atoms with Gasteiger partial charge in [-0.05, 0) is 24.6 Å². The van der Waals surface area contributed by atoms with E-state index in [-0.39, 0.29) is 12.2 Å². The van der Waals surface area contributed by atoms with Gasteiger partial charge in [-0.3, -0.25) is 9.59 Å². The standard InChI is InChI=1S/C10H11NO3/c1-6(12)8-4-7(5-10(13)14)2-3-9(8)11/h2-4H,5,11H2,1H3,(H,13,14). The lowest BCUT2D eigenvalue weighted by Crippen LogP contribution is -2.04. The van der Waals surface area contributed by atoms with Gasteiger partial charge in [-0.25, -0.2) is 0 Å². The zero-order valence-corrected chi connectivity index (χ0v) is 7.78. The number of hydrogen-bond acceptors (Lipinski definition) is 3. The molecule has 4 heteroatoms. The van der Waals surface area contributed by atoms with E-state index in [4.69, 9.17) is 10.8 Å². The third-order valence-corrected chi connectivity index (χ3v) is 1.85. The lowest BCUT2D eigenvalue weighted by atomic mass is 10.0. The van der Waals surface area contributed by atoms with Crippen LogP contribution >= 0.6 is 0 Å². The maximum absolute atomic E-state index is 11.1. The molecule has 0 spiro atoms. The van der Waals surface area contributed by atoms with Crippen molar-refractivity contribution in [2.75, 3.05) is 5.73 Å². The van der Waals surface area contributed by atoms with E-state index in [9.17, 15) is 9.59 Å². The minimum absolute atomic E-state index is 0.0967. The molecule has 14 heavy (non-hydrogen) atoms. The van der Waals surface area contributed by atoms with Crippen molar-refractivity contribution in [1.29, 1.82) is 0 Å². The smallest absolute Gasteiger partial charge is 0.307 e. The highest BCUT2D eigenvalue weighted by molar-refractivity contribution is 5.99. The summed E-state index contributed by atoms with van der Waals surface area (Å²) in [6, 6.07) is 4.68. The highest BCUT2D eigenvalue weighted by atomic mass is 16.4. The van der Waals surface area contributed by atoms with Gasteiger partial charge in [0.15, 0.2) is 5.78 Å². The zero-order valence-electron chi connectivity index (χ0n) is 7.78. The molecular weight excluding hydrogens is 182 g/mol. The molecule has 0 aromatic heterocycles. The molecule has 0 aliphatic rings. The van der Waals surface area contributed by atoms with Crippen molar-refractivity contribution in [2.24, 2.45) is 0 Å². The van der Waals surface area contributed by atoms with Crippen LogP contribution in [-0.2, 0) is 11.2 Å². The van der Waals surface area contributed by atoms with Crippen LogP contribution in [0.3, 0.4) is 0 Å². The lowest BCUT2D eigenvalue weighted by Gasteiger charge is -2.03. The van der Waals surface area contributed by atoms with Crippen LogP contribution in [0, 0.1) is 0 Å². The number of rotatable bonds is 3. The second kappa shape index (κ2) is 3.91. The number of anilines is 1. The van der Waals surface area contributed by atoms with Crippen molar-refractivity contribution < 1.29 is 14.7 Å². The van der Waals surface area contributed by atoms with E-state index < -0.39 is 5.97 Å².